The van der Waals surface area contributed by atoms with Crippen LogP contribution < -0.4 is 11.2 Å². The number of nitriles is 1. The Morgan fingerprint density at radius 3 is 2.56 bits per heavy atom. The molecular weight excluding hydrogens is 450 g/mol. The maximum Gasteiger partial charge on any atom is 0.330 e. The van der Waals surface area contributed by atoms with Crippen LogP contribution in [-0.4, -0.2) is 29.1 Å². The summed E-state index contributed by atoms with van der Waals surface area (Å²) in [5.41, 5.74) is 1.80. The van der Waals surface area contributed by atoms with E-state index in [1.165, 1.54) is 16.3 Å². The molecular formula is C24H25N7O2S. The highest BCUT2D eigenvalue weighted by molar-refractivity contribution is 7.98. The van der Waals surface area contributed by atoms with E-state index < -0.39 is 11.2 Å². The van der Waals surface area contributed by atoms with Gasteiger partial charge in [0.05, 0.1) is 18.0 Å². The Bertz CT molecular complexity index is 1500. The predicted octanol–water partition coefficient (Wildman–Crippen LogP) is 3.31. The van der Waals surface area contributed by atoms with Gasteiger partial charge in [-0.1, -0.05) is 55.4 Å². The molecule has 0 fully saturated rings. The molecule has 3 aromatic heterocycles. The zero-order valence-electron chi connectivity index (χ0n) is 19.3. The molecule has 1 N–H and O–H groups in total. The molecule has 0 saturated carbocycles. The Morgan fingerprint density at radius 2 is 1.85 bits per heavy atom. The largest absolute Gasteiger partial charge is 0.330 e. The molecule has 4 rings (SSSR count). The van der Waals surface area contributed by atoms with Crippen LogP contribution >= 0.6 is 11.8 Å². The van der Waals surface area contributed by atoms with Crippen molar-refractivity contribution in [1.82, 2.24) is 29.1 Å². The molecule has 4 aromatic rings. The molecule has 0 aliphatic carbocycles. The third-order valence-electron chi connectivity index (χ3n) is 5.50. The molecule has 0 atom stereocenters. The number of H-pyrrole nitrogens is 1. The summed E-state index contributed by atoms with van der Waals surface area (Å²) in [5.74, 6) is 1.64. The number of aryl methyl sites for hydroxylation is 3. The molecule has 0 aliphatic heterocycles. The van der Waals surface area contributed by atoms with Crippen LogP contribution in [0.15, 0.2) is 44.9 Å². The van der Waals surface area contributed by atoms with Crippen molar-refractivity contribution in [3.05, 3.63) is 79.6 Å². The van der Waals surface area contributed by atoms with Gasteiger partial charge in [-0.3, -0.25) is 14.3 Å². The van der Waals surface area contributed by atoms with Gasteiger partial charge in [0.1, 0.15) is 28.3 Å². The van der Waals surface area contributed by atoms with Crippen LogP contribution in [0.4, 0.5) is 0 Å². The van der Waals surface area contributed by atoms with Crippen LogP contribution in [0.25, 0.3) is 11.2 Å². The van der Waals surface area contributed by atoms with Crippen molar-refractivity contribution in [3.63, 3.8) is 0 Å². The van der Waals surface area contributed by atoms with Crippen molar-refractivity contribution in [2.45, 2.75) is 57.5 Å². The first-order valence-electron chi connectivity index (χ1n) is 11.1. The summed E-state index contributed by atoms with van der Waals surface area (Å²) in [4.78, 5) is 41.5. The van der Waals surface area contributed by atoms with Crippen molar-refractivity contribution in [3.8, 4) is 6.07 Å². The van der Waals surface area contributed by atoms with Gasteiger partial charge in [-0.25, -0.2) is 19.7 Å². The average Bonchev–Trinajstić information content (AvgIpc) is 3.18. The smallest absolute Gasteiger partial charge is 0.321 e. The molecule has 0 spiro atoms. The fourth-order valence-corrected chi connectivity index (χ4v) is 4.87. The number of unbranched alkanes of at least 4 members (excludes halogenated alkanes) is 1. The number of nitrogens with zero attached hydrogens (tertiary/aromatic N) is 6. The lowest BCUT2D eigenvalue weighted by atomic mass is 10.2. The second-order valence-electron chi connectivity index (χ2n) is 7.97. The quantitative estimate of drug-likeness (QED) is 0.306. The van der Waals surface area contributed by atoms with Gasteiger partial charge in [-0.2, -0.15) is 5.26 Å². The molecule has 3 heterocycles. The van der Waals surface area contributed by atoms with E-state index in [9.17, 15) is 14.9 Å². The molecule has 0 radical (unpaired) electrons. The van der Waals surface area contributed by atoms with Gasteiger partial charge in [0.2, 0.25) is 0 Å². The van der Waals surface area contributed by atoms with E-state index in [0.29, 0.717) is 57.9 Å². The Balaban J connectivity index is 1.81. The molecule has 9 nitrogen and oxygen atoms in total. The Hall–Kier alpha value is -3.71. The van der Waals surface area contributed by atoms with E-state index in [4.69, 9.17) is 4.98 Å². The Kier molecular flexibility index (Phi) is 6.93. The fourth-order valence-electron chi connectivity index (χ4n) is 3.84. The lowest BCUT2D eigenvalue weighted by Crippen LogP contribution is -2.31. The molecule has 34 heavy (non-hydrogen) atoms. The second kappa shape index (κ2) is 10.1. The zero-order chi connectivity index (χ0) is 24.2. The third-order valence-corrected chi connectivity index (χ3v) is 6.47. The van der Waals surface area contributed by atoms with Crippen molar-refractivity contribution >= 4 is 22.9 Å². The normalized spacial score (nSPS) is 11.1. The summed E-state index contributed by atoms with van der Waals surface area (Å²) in [6, 6.07) is 11.8. The maximum absolute atomic E-state index is 12.9. The monoisotopic (exact) mass is 475 g/mol. The highest BCUT2D eigenvalue weighted by Gasteiger charge is 2.20. The molecule has 174 valence electrons. The van der Waals surface area contributed by atoms with Crippen molar-refractivity contribution in [2.75, 3.05) is 0 Å². The number of fused-ring (bicyclic) bond motifs is 1. The molecule has 0 saturated heterocycles. The summed E-state index contributed by atoms with van der Waals surface area (Å²) in [5, 5.41) is 10.1. The summed E-state index contributed by atoms with van der Waals surface area (Å²) in [6.07, 6.45) is 1.80. The predicted molar refractivity (Wildman–Crippen MR) is 131 cm³/mol. The highest BCUT2D eigenvalue weighted by Crippen LogP contribution is 2.27. The number of hydrogen-bond acceptors (Lipinski definition) is 7. The first-order valence-corrected chi connectivity index (χ1v) is 12.1. The number of imidazole rings is 1. The number of benzene rings is 1. The number of thioether (sulfide) groups is 1. The van der Waals surface area contributed by atoms with Gasteiger partial charge < -0.3 is 4.57 Å². The second-order valence-corrected chi connectivity index (χ2v) is 8.94. The average molecular weight is 476 g/mol. The first-order chi connectivity index (χ1) is 16.4. The third kappa shape index (κ3) is 4.65. The number of aromatic nitrogens is 6. The van der Waals surface area contributed by atoms with Crippen molar-refractivity contribution in [1.29, 1.82) is 5.26 Å². The van der Waals surface area contributed by atoms with Crippen molar-refractivity contribution < 1.29 is 0 Å². The summed E-state index contributed by atoms with van der Waals surface area (Å²) >= 11 is 1.38. The zero-order valence-corrected chi connectivity index (χ0v) is 20.1. The van der Waals surface area contributed by atoms with Crippen molar-refractivity contribution in [2.24, 2.45) is 0 Å². The Labute approximate surface area is 200 Å². The highest BCUT2D eigenvalue weighted by atomic mass is 32.2. The van der Waals surface area contributed by atoms with Gasteiger partial charge in [0, 0.05) is 6.54 Å². The fraction of sp³-hybridized carbons (Fsp3) is 0.333. The minimum absolute atomic E-state index is 0.299. The minimum Gasteiger partial charge on any atom is -0.321 e. The van der Waals surface area contributed by atoms with E-state index in [0.717, 1.165) is 18.4 Å². The number of aromatic amines is 1. The molecule has 1 aromatic carbocycles. The Morgan fingerprint density at radius 1 is 1.09 bits per heavy atom. The number of rotatable bonds is 8. The summed E-state index contributed by atoms with van der Waals surface area (Å²) < 4.78 is 3.39. The SMILES string of the molecule is CCCCn1c(CSc2nc(C)nc(C)c2C#N)nc2c1c(=O)[nH]c(=O)n2Cc1ccccc1. The maximum atomic E-state index is 12.9. The molecule has 0 amide bonds. The van der Waals surface area contributed by atoms with Gasteiger partial charge in [-0.15, -0.1) is 0 Å². The molecule has 0 bridgehead atoms. The first kappa shape index (κ1) is 23.4. The van der Waals surface area contributed by atoms with Gasteiger partial charge in [0.25, 0.3) is 5.56 Å². The van der Waals surface area contributed by atoms with Crippen LogP contribution in [0.2, 0.25) is 0 Å². The topological polar surface area (TPSA) is 122 Å². The summed E-state index contributed by atoms with van der Waals surface area (Å²) in [7, 11) is 0. The molecule has 0 unspecified atom stereocenters. The van der Waals surface area contributed by atoms with E-state index in [1.807, 2.05) is 34.9 Å². The van der Waals surface area contributed by atoms with E-state index in [-0.39, 0.29) is 0 Å². The minimum atomic E-state index is -0.491. The van der Waals surface area contributed by atoms with Gasteiger partial charge in [-0.05, 0) is 25.8 Å². The molecule has 10 heteroatoms. The summed E-state index contributed by atoms with van der Waals surface area (Å²) in [6.45, 7) is 6.55. The van der Waals surface area contributed by atoms with Gasteiger partial charge in [0.15, 0.2) is 11.2 Å². The lowest BCUT2D eigenvalue weighted by molar-refractivity contribution is 0.626. The van der Waals surface area contributed by atoms with E-state index in [1.54, 1.807) is 13.8 Å². The van der Waals surface area contributed by atoms with Crippen LogP contribution in [0.1, 0.15) is 48.2 Å². The van der Waals surface area contributed by atoms with Crippen LogP contribution in [-0.2, 0) is 18.8 Å². The number of nitrogens with one attached hydrogen (secondary N) is 1. The molecule has 0 aliphatic rings. The standard InChI is InChI=1S/C24H25N7O2S/c1-4-5-11-30-19(14-34-23-18(12-25)15(2)26-16(3)27-23)28-21-20(30)22(32)29-24(33)31(21)13-17-9-7-6-8-10-17/h6-10H,4-5,11,13-14H2,1-3H3,(H,29,32,33). The number of hydrogen-bond donors (Lipinski definition) is 1. The van der Waals surface area contributed by atoms with Crippen LogP contribution in [0.3, 0.4) is 0 Å². The van der Waals surface area contributed by atoms with Crippen LogP contribution in [0, 0.1) is 25.2 Å². The van der Waals surface area contributed by atoms with Crippen LogP contribution in [0.5, 0.6) is 0 Å². The van der Waals surface area contributed by atoms with Gasteiger partial charge >= 0.3 is 5.69 Å². The van der Waals surface area contributed by atoms with E-state index >= 15 is 0 Å². The van der Waals surface area contributed by atoms with E-state index in [2.05, 4.69) is 27.9 Å². The lowest BCUT2D eigenvalue weighted by Gasteiger charge is -2.09.